The van der Waals surface area contributed by atoms with Crippen LogP contribution >= 0.6 is 0 Å². The van der Waals surface area contributed by atoms with E-state index in [-0.39, 0.29) is 0 Å². The van der Waals surface area contributed by atoms with E-state index in [1.54, 1.807) is 13.3 Å². The summed E-state index contributed by atoms with van der Waals surface area (Å²) in [6.45, 7) is 0.507. The van der Waals surface area contributed by atoms with Gasteiger partial charge < -0.3 is 9.57 Å². The van der Waals surface area contributed by atoms with E-state index in [0.29, 0.717) is 12.5 Å². The Hall–Kier alpha value is -1.13. The quantitative estimate of drug-likeness (QED) is 0.666. The van der Waals surface area contributed by atoms with Crippen molar-refractivity contribution in [2.75, 3.05) is 13.7 Å². The normalized spacial score (nSPS) is 9.83. The molecule has 2 N–H and O–H groups in total. The first kappa shape index (κ1) is 8.96. The maximum Gasteiger partial charge on any atom is 0.213 e. The number of methoxy groups -OCH3 is 1. The van der Waals surface area contributed by atoms with Gasteiger partial charge in [0.25, 0.3) is 0 Å². The molecule has 0 atom stereocenters. The molecule has 0 spiro atoms. The SMILES string of the molecule is COc1cc(CCON)ccn1. The van der Waals surface area contributed by atoms with E-state index in [1.807, 2.05) is 12.1 Å². The molecule has 0 amide bonds. The van der Waals surface area contributed by atoms with E-state index in [1.165, 1.54) is 0 Å². The van der Waals surface area contributed by atoms with Crippen LogP contribution in [0.1, 0.15) is 5.56 Å². The van der Waals surface area contributed by atoms with Gasteiger partial charge in [-0.1, -0.05) is 0 Å². The highest BCUT2D eigenvalue weighted by Crippen LogP contribution is 2.08. The fourth-order valence-corrected chi connectivity index (χ4v) is 0.894. The Kier molecular flexibility index (Phi) is 3.50. The monoisotopic (exact) mass is 168 g/mol. The van der Waals surface area contributed by atoms with Gasteiger partial charge >= 0.3 is 0 Å². The minimum Gasteiger partial charge on any atom is -0.481 e. The van der Waals surface area contributed by atoms with Crippen molar-refractivity contribution in [3.8, 4) is 5.88 Å². The molecule has 0 aromatic carbocycles. The zero-order chi connectivity index (χ0) is 8.81. The lowest BCUT2D eigenvalue weighted by molar-refractivity contribution is 0.141. The average Bonchev–Trinajstić information content (AvgIpc) is 2.15. The number of pyridine rings is 1. The van der Waals surface area contributed by atoms with Crippen molar-refractivity contribution in [3.63, 3.8) is 0 Å². The van der Waals surface area contributed by atoms with Crippen molar-refractivity contribution in [1.82, 2.24) is 4.98 Å². The molecule has 0 aliphatic heterocycles. The lowest BCUT2D eigenvalue weighted by atomic mass is 10.2. The Morgan fingerprint density at radius 2 is 2.42 bits per heavy atom. The third-order valence-electron chi connectivity index (χ3n) is 1.52. The smallest absolute Gasteiger partial charge is 0.213 e. The van der Waals surface area contributed by atoms with Gasteiger partial charge in [0.1, 0.15) is 0 Å². The molecule has 12 heavy (non-hydrogen) atoms. The number of rotatable bonds is 4. The maximum absolute atomic E-state index is 4.95. The summed E-state index contributed by atoms with van der Waals surface area (Å²) < 4.78 is 4.95. The minimum absolute atomic E-state index is 0.507. The van der Waals surface area contributed by atoms with Crippen molar-refractivity contribution < 1.29 is 9.57 Å². The van der Waals surface area contributed by atoms with Crippen LogP contribution in [0.15, 0.2) is 18.3 Å². The fourth-order valence-electron chi connectivity index (χ4n) is 0.894. The van der Waals surface area contributed by atoms with Gasteiger partial charge in [-0.15, -0.1) is 0 Å². The van der Waals surface area contributed by atoms with Crippen LogP contribution in [0.5, 0.6) is 5.88 Å². The van der Waals surface area contributed by atoms with E-state index in [9.17, 15) is 0 Å². The van der Waals surface area contributed by atoms with Gasteiger partial charge in [0.15, 0.2) is 0 Å². The molecule has 0 radical (unpaired) electrons. The summed E-state index contributed by atoms with van der Waals surface area (Å²) in [6, 6.07) is 3.76. The molecule has 0 saturated carbocycles. The summed E-state index contributed by atoms with van der Waals surface area (Å²) in [7, 11) is 1.59. The van der Waals surface area contributed by atoms with E-state index >= 15 is 0 Å². The first-order valence-electron chi connectivity index (χ1n) is 3.67. The van der Waals surface area contributed by atoms with Crippen LogP contribution in [0, 0.1) is 0 Å². The molecule has 4 nitrogen and oxygen atoms in total. The summed E-state index contributed by atoms with van der Waals surface area (Å²) in [4.78, 5) is 8.43. The Morgan fingerprint density at radius 3 is 3.08 bits per heavy atom. The van der Waals surface area contributed by atoms with Crippen LogP contribution in [-0.2, 0) is 11.3 Å². The van der Waals surface area contributed by atoms with E-state index in [0.717, 1.165) is 12.0 Å². The first-order chi connectivity index (χ1) is 5.86. The zero-order valence-corrected chi connectivity index (χ0v) is 6.99. The first-order valence-corrected chi connectivity index (χ1v) is 3.67. The van der Waals surface area contributed by atoms with E-state index in [4.69, 9.17) is 10.6 Å². The van der Waals surface area contributed by atoms with Gasteiger partial charge in [0.05, 0.1) is 13.7 Å². The average molecular weight is 168 g/mol. The summed E-state index contributed by atoms with van der Waals surface area (Å²) in [6.07, 6.45) is 2.47. The molecule has 1 aromatic rings. The second-order valence-corrected chi connectivity index (χ2v) is 2.33. The van der Waals surface area contributed by atoms with Crippen LogP contribution < -0.4 is 10.6 Å². The minimum atomic E-state index is 0.507. The lowest BCUT2D eigenvalue weighted by Gasteiger charge is -2.01. The molecule has 0 saturated heterocycles. The van der Waals surface area contributed by atoms with Crippen molar-refractivity contribution in [2.45, 2.75) is 6.42 Å². The van der Waals surface area contributed by atoms with Crippen molar-refractivity contribution in [1.29, 1.82) is 0 Å². The predicted molar refractivity (Wildman–Crippen MR) is 44.6 cm³/mol. The number of hydrogen-bond acceptors (Lipinski definition) is 4. The molecule has 1 rings (SSSR count). The van der Waals surface area contributed by atoms with Crippen LogP contribution in [0.3, 0.4) is 0 Å². The molecule has 0 aliphatic rings. The van der Waals surface area contributed by atoms with Crippen LogP contribution in [-0.4, -0.2) is 18.7 Å². The van der Waals surface area contributed by atoms with Gasteiger partial charge in [0.2, 0.25) is 5.88 Å². The predicted octanol–water partition coefficient (Wildman–Crippen LogP) is 0.523. The Balaban J connectivity index is 2.60. The third-order valence-corrected chi connectivity index (χ3v) is 1.52. The highest BCUT2D eigenvalue weighted by atomic mass is 16.6. The van der Waals surface area contributed by atoms with E-state index in [2.05, 4.69) is 9.82 Å². The largest absolute Gasteiger partial charge is 0.481 e. The van der Waals surface area contributed by atoms with Crippen LogP contribution in [0.25, 0.3) is 0 Å². The van der Waals surface area contributed by atoms with Gasteiger partial charge in [0, 0.05) is 12.3 Å². The molecule has 4 heteroatoms. The van der Waals surface area contributed by atoms with Gasteiger partial charge in [-0.05, 0) is 18.1 Å². The number of hydrogen-bond donors (Lipinski definition) is 1. The van der Waals surface area contributed by atoms with Crippen molar-refractivity contribution >= 4 is 0 Å². The number of nitrogens with two attached hydrogens (primary N) is 1. The van der Waals surface area contributed by atoms with Gasteiger partial charge in [-0.25, -0.2) is 10.9 Å². The zero-order valence-electron chi connectivity index (χ0n) is 6.99. The molecule has 0 unspecified atom stereocenters. The number of ether oxygens (including phenoxy) is 1. The molecule has 0 bridgehead atoms. The number of aromatic nitrogens is 1. The van der Waals surface area contributed by atoms with Crippen LogP contribution in [0.2, 0.25) is 0 Å². The molecular formula is C8H12N2O2. The summed E-state index contributed by atoms with van der Waals surface area (Å²) in [5, 5.41) is 0. The Labute approximate surface area is 71.3 Å². The van der Waals surface area contributed by atoms with Crippen molar-refractivity contribution in [2.24, 2.45) is 5.90 Å². The summed E-state index contributed by atoms with van der Waals surface area (Å²) in [5.41, 5.74) is 1.10. The molecule has 66 valence electrons. The lowest BCUT2D eigenvalue weighted by Crippen LogP contribution is -2.03. The number of nitrogens with zero attached hydrogens (tertiary/aromatic N) is 1. The Bertz CT molecular complexity index is 240. The van der Waals surface area contributed by atoms with Gasteiger partial charge in [-0.2, -0.15) is 0 Å². The van der Waals surface area contributed by atoms with E-state index < -0.39 is 0 Å². The molecule has 1 aromatic heterocycles. The highest BCUT2D eigenvalue weighted by molar-refractivity contribution is 5.20. The highest BCUT2D eigenvalue weighted by Gasteiger charge is 1.95. The second kappa shape index (κ2) is 4.69. The molecular weight excluding hydrogens is 156 g/mol. The van der Waals surface area contributed by atoms with Crippen molar-refractivity contribution in [3.05, 3.63) is 23.9 Å². The topological polar surface area (TPSA) is 57.4 Å². The Morgan fingerprint density at radius 1 is 1.58 bits per heavy atom. The summed E-state index contributed by atoms with van der Waals surface area (Å²) in [5.74, 6) is 5.52. The fraction of sp³-hybridized carbons (Fsp3) is 0.375. The third kappa shape index (κ3) is 2.48. The van der Waals surface area contributed by atoms with Crippen LogP contribution in [0.4, 0.5) is 0 Å². The van der Waals surface area contributed by atoms with Gasteiger partial charge in [-0.3, -0.25) is 0 Å². The standard InChI is InChI=1S/C8H12N2O2/c1-11-8-6-7(2-4-10-8)3-5-12-9/h2,4,6H,3,5,9H2,1H3. The second-order valence-electron chi connectivity index (χ2n) is 2.33. The molecule has 0 fully saturated rings. The molecule has 1 heterocycles. The summed E-state index contributed by atoms with van der Waals surface area (Å²) >= 11 is 0. The maximum atomic E-state index is 4.95. The molecule has 0 aliphatic carbocycles.